The molecule has 4 aromatic rings. The SMILES string of the molecule is CN1CCCC1c1nc(-c2cn(S(=O)(=O)c3ccccc3)c3ncc(Br)cc23)cs1. The number of pyridine rings is 1. The predicted octanol–water partition coefficient (Wildman–Crippen LogP) is 4.93. The van der Waals surface area contributed by atoms with Crippen molar-refractivity contribution < 1.29 is 8.42 Å². The molecule has 3 aromatic heterocycles. The van der Waals surface area contributed by atoms with E-state index in [1.165, 1.54) is 10.4 Å². The summed E-state index contributed by atoms with van der Waals surface area (Å²) in [5.41, 5.74) is 1.94. The van der Waals surface area contributed by atoms with Crippen molar-refractivity contribution in [3.63, 3.8) is 0 Å². The number of aromatic nitrogens is 3. The molecule has 1 fully saturated rings. The Hall–Kier alpha value is -2.07. The van der Waals surface area contributed by atoms with Gasteiger partial charge in [0.2, 0.25) is 0 Å². The van der Waals surface area contributed by atoms with Crippen LogP contribution >= 0.6 is 27.3 Å². The fourth-order valence-electron chi connectivity index (χ4n) is 3.93. The molecule has 154 valence electrons. The molecule has 6 nitrogen and oxygen atoms in total. The Kier molecular flexibility index (Phi) is 5.01. The van der Waals surface area contributed by atoms with E-state index in [1.807, 2.05) is 11.4 Å². The highest BCUT2D eigenvalue weighted by Gasteiger charge is 2.27. The molecule has 30 heavy (non-hydrogen) atoms. The second-order valence-corrected chi connectivity index (χ2v) is 11.0. The van der Waals surface area contributed by atoms with Crippen LogP contribution in [0.4, 0.5) is 0 Å². The average Bonchev–Trinajstić information content (AvgIpc) is 3.46. The van der Waals surface area contributed by atoms with Crippen molar-refractivity contribution in [2.24, 2.45) is 0 Å². The van der Waals surface area contributed by atoms with Gasteiger partial charge < -0.3 is 0 Å². The van der Waals surface area contributed by atoms with E-state index in [-0.39, 0.29) is 4.90 Å². The number of benzene rings is 1. The Bertz CT molecular complexity index is 1330. The van der Waals surface area contributed by atoms with E-state index in [0.717, 1.165) is 39.1 Å². The van der Waals surface area contributed by atoms with Gasteiger partial charge in [-0.1, -0.05) is 18.2 Å². The normalized spacial score (nSPS) is 17.7. The summed E-state index contributed by atoms with van der Waals surface area (Å²) in [6.45, 7) is 1.07. The standard InChI is InChI=1S/C21H19BrN4O2S2/c1-25-9-5-8-19(25)21-24-18(13-29-21)17-12-26(20-16(17)10-14(22)11-23-20)30(27,28)15-6-3-2-4-7-15/h2-4,6-7,10-13,19H,5,8-9H2,1H3. The Morgan fingerprint density at radius 1 is 1.23 bits per heavy atom. The van der Waals surface area contributed by atoms with Gasteiger partial charge in [0.15, 0.2) is 5.65 Å². The number of hydrogen-bond acceptors (Lipinski definition) is 6. The Balaban J connectivity index is 1.67. The number of fused-ring (bicyclic) bond motifs is 1. The van der Waals surface area contributed by atoms with Gasteiger partial charge in [0, 0.05) is 33.2 Å². The minimum atomic E-state index is -3.78. The van der Waals surface area contributed by atoms with Crippen molar-refractivity contribution >= 4 is 48.3 Å². The van der Waals surface area contributed by atoms with Gasteiger partial charge in [-0.3, -0.25) is 4.90 Å². The lowest BCUT2D eigenvalue weighted by molar-refractivity contribution is 0.317. The number of halogens is 1. The maximum Gasteiger partial charge on any atom is 0.269 e. The van der Waals surface area contributed by atoms with Crippen LogP contribution in [0.1, 0.15) is 23.9 Å². The molecule has 0 spiro atoms. The first-order valence-electron chi connectivity index (χ1n) is 9.58. The van der Waals surface area contributed by atoms with Gasteiger partial charge in [-0.2, -0.15) is 0 Å². The number of rotatable bonds is 4. The molecule has 1 unspecified atom stereocenters. The molecule has 1 aromatic carbocycles. The third-order valence-electron chi connectivity index (χ3n) is 5.48. The summed E-state index contributed by atoms with van der Waals surface area (Å²) in [4.78, 5) is 11.9. The van der Waals surface area contributed by atoms with Crippen LogP contribution in [0, 0.1) is 0 Å². The molecule has 4 heterocycles. The fourth-order valence-corrected chi connectivity index (χ4v) is 6.63. The van der Waals surface area contributed by atoms with E-state index >= 15 is 0 Å². The first-order chi connectivity index (χ1) is 14.4. The minimum Gasteiger partial charge on any atom is -0.297 e. The van der Waals surface area contributed by atoms with Gasteiger partial charge in [0.1, 0.15) is 5.01 Å². The Labute approximate surface area is 187 Å². The van der Waals surface area contributed by atoms with E-state index < -0.39 is 10.0 Å². The zero-order valence-corrected chi connectivity index (χ0v) is 19.4. The number of nitrogens with zero attached hydrogens (tertiary/aromatic N) is 4. The molecule has 0 amide bonds. The smallest absolute Gasteiger partial charge is 0.269 e. The van der Waals surface area contributed by atoms with Crippen LogP contribution in [-0.4, -0.2) is 40.9 Å². The third kappa shape index (κ3) is 3.30. The van der Waals surface area contributed by atoms with Crippen molar-refractivity contribution in [2.45, 2.75) is 23.8 Å². The zero-order chi connectivity index (χ0) is 20.9. The first-order valence-corrected chi connectivity index (χ1v) is 12.7. The summed E-state index contributed by atoms with van der Waals surface area (Å²) in [5, 5.41) is 3.83. The summed E-state index contributed by atoms with van der Waals surface area (Å²) in [5.74, 6) is 0. The number of hydrogen-bond donors (Lipinski definition) is 0. The monoisotopic (exact) mass is 502 g/mol. The zero-order valence-electron chi connectivity index (χ0n) is 16.2. The van der Waals surface area contributed by atoms with E-state index in [4.69, 9.17) is 4.98 Å². The molecule has 1 aliphatic rings. The van der Waals surface area contributed by atoms with Crippen molar-refractivity contribution in [2.75, 3.05) is 13.6 Å². The van der Waals surface area contributed by atoms with Gasteiger partial charge >= 0.3 is 0 Å². The summed E-state index contributed by atoms with van der Waals surface area (Å²) >= 11 is 5.09. The quantitative estimate of drug-likeness (QED) is 0.395. The highest BCUT2D eigenvalue weighted by atomic mass is 79.9. The lowest BCUT2D eigenvalue weighted by Crippen LogP contribution is -2.17. The number of likely N-dealkylation sites (tertiary alicyclic amines) is 1. The van der Waals surface area contributed by atoms with E-state index in [0.29, 0.717) is 11.7 Å². The molecule has 1 aliphatic heterocycles. The molecule has 1 atom stereocenters. The van der Waals surface area contributed by atoms with Gasteiger partial charge in [0.25, 0.3) is 10.0 Å². The lowest BCUT2D eigenvalue weighted by Gasteiger charge is -2.16. The maximum absolute atomic E-state index is 13.3. The second kappa shape index (κ2) is 7.56. The van der Waals surface area contributed by atoms with Gasteiger partial charge in [-0.15, -0.1) is 11.3 Å². The van der Waals surface area contributed by atoms with Gasteiger partial charge in [0.05, 0.1) is 16.6 Å². The Morgan fingerprint density at radius 2 is 2.03 bits per heavy atom. The molecule has 0 N–H and O–H groups in total. The van der Waals surface area contributed by atoms with Crippen molar-refractivity contribution in [1.82, 2.24) is 18.8 Å². The van der Waals surface area contributed by atoms with Crippen LogP contribution in [0.2, 0.25) is 0 Å². The molecule has 1 saturated heterocycles. The fraction of sp³-hybridized carbons (Fsp3) is 0.238. The molecule has 9 heteroatoms. The summed E-state index contributed by atoms with van der Waals surface area (Å²) < 4.78 is 28.7. The van der Waals surface area contributed by atoms with Crippen LogP contribution in [0.5, 0.6) is 0 Å². The topological polar surface area (TPSA) is 68.1 Å². The van der Waals surface area contributed by atoms with Crippen molar-refractivity contribution in [3.05, 3.63) is 63.7 Å². The molecule has 5 rings (SSSR count). The molecule has 0 bridgehead atoms. The highest BCUT2D eigenvalue weighted by Crippen LogP contribution is 2.38. The summed E-state index contributed by atoms with van der Waals surface area (Å²) in [7, 11) is -1.65. The van der Waals surface area contributed by atoms with E-state index in [2.05, 4.69) is 32.9 Å². The molecule has 0 aliphatic carbocycles. The number of thiazole rings is 1. The molecule has 0 saturated carbocycles. The largest absolute Gasteiger partial charge is 0.297 e. The predicted molar refractivity (Wildman–Crippen MR) is 122 cm³/mol. The van der Waals surface area contributed by atoms with Crippen LogP contribution in [0.3, 0.4) is 0 Å². The van der Waals surface area contributed by atoms with E-state index in [1.54, 1.807) is 54.1 Å². The van der Waals surface area contributed by atoms with Gasteiger partial charge in [-0.25, -0.2) is 22.4 Å². The van der Waals surface area contributed by atoms with E-state index in [9.17, 15) is 8.42 Å². The first kappa shape index (κ1) is 19.9. The molecular weight excluding hydrogens is 484 g/mol. The van der Waals surface area contributed by atoms with Crippen LogP contribution in [0.25, 0.3) is 22.3 Å². The minimum absolute atomic E-state index is 0.227. The average molecular weight is 503 g/mol. The van der Waals surface area contributed by atoms with Gasteiger partial charge in [-0.05, 0) is 60.6 Å². The third-order valence-corrected chi connectivity index (χ3v) is 8.53. The summed E-state index contributed by atoms with van der Waals surface area (Å²) in [6, 6.07) is 10.6. The summed E-state index contributed by atoms with van der Waals surface area (Å²) in [6.07, 6.45) is 5.52. The van der Waals surface area contributed by atoms with Crippen LogP contribution in [-0.2, 0) is 10.0 Å². The van der Waals surface area contributed by atoms with Crippen molar-refractivity contribution in [1.29, 1.82) is 0 Å². The van der Waals surface area contributed by atoms with Crippen LogP contribution < -0.4 is 0 Å². The second-order valence-electron chi connectivity index (χ2n) is 7.39. The van der Waals surface area contributed by atoms with Crippen molar-refractivity contribution in [3.8, 4) is 11.3 Å². The molecular formula is C21H19BrN4O2S2. The maximum atomic E-state index is 13.3. The van der Waals surface area contributed by atoms with Crippen LogP contribution in [0.15, 0.2) is 63.5 Å². The Morgan fingerprint density at radius 3 is 2.77 bits per heavy atom. The highest BCUT2D eigenvalue weighted by molar-refractivity contribution is 9.10. The molecule has 0 radical (unpaired) electrons. The lowest BCUT2D eigenvalue weighted by atomic mass is 10.2.